The minimum absolute atomic E-state index is 0.0697. The number of amides is 2. The van der Waals surface area contributed by atoms with Crippen LogP contribution in [0.15, 0.2) is 0 Å². The molecule has 2 aliphatic heterocycles. The third-order valence-electron chi connectivity index (χ3n) is 4.68. The van der Waals surface area contributed by atoms with Crippen LogP contribution in [0.5, 0.6) is 0 Å². The summed E-state index contributed by atoms with van der Waals surface area (Å²) in [5.41, 5.74) is 5.38. The molecule has 2 amide bonds. The molecule has 2 fully saturated rings. The minimum Gasteiger partial charge on any atom is -0.369 e. The first kappa shape index (κ1) is 15.3. The number of hydrogen-bond donors (Lipinski definition) is 1. The fourth-order valence-electron chi connectivity index (χ4n) is 3.31. The molecule has 0 aromatic rings. The topological polar surface area (TPSA) is 66.6 Å². The number of carbonyl (C=O) groups is 2. The van der Waals surface area contributed by atoms with Crippen LogP contribution in [0, 0.1) is 5.92 Å². The van der Waals surface area contributed by atoms with Crippen molar-refractivity contribution in [2.75, 3.05) is 26.2 Å². The van der Waals surface area contributed by atoms with Crippen molar-refractivity contribution in [3.8, 4) is 0 Å². The highest BCUT2D eigenvalue weighted by molar-refractivity contribution is 5.83. The van der Waals surface area contributed by atoms with E-state index in [1.807, 2.05) is 11.8 Å². The molecule has 2 aliphatic rings. The van der Waals surface area contributed by atoms with Gasteiger partial charge in [-0.05, 0) is 45.7 Å². The molecule has 2 atom stereocenters. The summed E-state index contributed by atoms with van der Waals surface area (Å²) in [6.45, 7) is 5.30. The third-order valence-corrected chi connectivity index (χ3v) is 4.68. The van der Waals surface area contributed by atoms with Crippen molar-refractivity contribution in [3.05, 3.63) is 0 Å². The smallest absolute Gasteiger partial charge is 0.239 e. The number of likely N-dealkylation sites (tertiary alicyclic amines) is 2. The molecule has 20 heavy (non-hydrogen) atoms. The molecule has 0 spiro atoms. The second-order valence-electron chi connectivity index (χ2n) is 6.15. The van der Waals surface area contributed by atoms with Gasteiger partial charge in [0, 0.05) is 13.1 Å². The number of nitrogens with zero attached hydrogens (tertiary/aromatic N) is 2. The predicted octanol–water partition coefficient (Wildman–Crippen LogP) is 0.975. The van der Waals surface area contributed by atoms with E-state index in [0.717, 1.165) is 32.5 Å². The van der Waals surface area contributed by atoms with E-state index in [4.69, 9.17) is 5.73 Å². The molecule has 2 N–H and O–H groups in total. The first-order valence-corrected chi connectivity index (χ1v) is 7.91. The van der Waals surface area contributed by atoms with Crippen molar-refractivity contribution in [2.24, 2.45) is 11.7 Å². The monoisotopic (exact) mass is 281 g/mol. The molecule has 0 aliphatic carbocycles. The molecule has 2 heterocycles. The fraction of sp³-hybridized carbons (Fsp3) is 0.867. The van der Waals surface area contributed by atoms with Crippen LogP contribution in [0.1, 0.15) is 45.4 Å². The molecule has 0 aromatic heterocycles. The van der Waals surface area contributed by atoms with E-state index < -0.39 is 0 Å². The zero-order valence-electron chi connectivity index (χ0n) is 12.5. The highest BCUT2D eigenvalue weighted by atomic mass is 16.2. The zero-order valence-corrected chi connectivity index (χ0v) is 12.5. The second kappa shape index (κ2) is 7.07. The van der Waals surface area contributed by atoms with Crippen molar-refractivity contribution >= 4 is 11.8 Å². The number of carbonyl (C=O) groups excluding carboxylic acids is 2. The van der Waals surface area contributed by atoms with Gasteiger partial charge in [-0.3, -0.25) is 14.5 Å². The Bertz CT molecular complexity index is 351. The van der Waals surface area contributed by atoms with E-state index in [0.29, 0.717) is 6.54 Å². The van der Waals surface area contributed by atoms with E-state index >= 15 is 0 Å². The van der Waals surface area contributed by atoms with Crippen molar-refractivity contribution in [3.63, 3.8) is 0 Å². The largest absolute Gasteiger partial charge is 0.369 e. The molecule has 0 unspecified atom stereocenters. The quantitative estimate of drug-likeness (QED) is 0.838. The Morgan fingerprint density at radius 1 is 1.05 bits per heavy atom. The van der Waals surface area contributed by atoms with Gasteiger partial charge in [-0.1, -0.05) is 12.8 Å². The Labute approximate surface area is 121 Å². The van der Waals surface area contributed by atoms with Crippen LogP contribution >= 0.6 is 0 Å². The van der Waals surface area contributed by atoms with Gasteiger partial charge in [0.15, 0.2) is 0 Å². The van der Waals surface area contributed by atoms with Gasteiger partial charge in [0.2, 0.25) is 11.8 Å². The van der Waals surface area contributed by atoms with Crippen LogP contribution in [0.4, 0.5) is 0 Å². The Kier molecular flexibility index (Phi) is 5.40. The van der Waals surface area contributed by atoms with E-state index in [9.17, 15) is 9.59 Å². The summed E-state index contributed by atoms with van der Waals surface area (Å²) in [7, 11) is 0. The molecule has 2 saturated heterocycles. The standard InChI is InChI=1S/C15H27N3O2/c1-12(17-8-4-2-3-5-9-17)15(20)18-10-6-7-13(11-18)14(16)19/h12-13H,2-11H2,1H3,(H2,16,19)/t12-,13+/m1/s1. The number of nitrogens with two attached hydrogens (primary N) is 1. The Morgan fingerprint density at radius 3 is 2.30 bits per heavy atom. The molecule has 0 bridgehead atoms. The van der Waals surface area contributed by atoms with Crippen LogP contribution in [-0.2, 0) is 9.59 Å². The summed E-state index contributed by atoms with van der Waals surface area (Å²) in [6.07, 6.45) is 6.60. The van der Waals surface area contributed by atoms with Gasteiger partial charge in [-0.15, -0.1) is 0 Å². The van der Waals surface area contributed by atoms with Gasteiger partial charge >= 0.3 is 0 Å². The summed E-state index contributed by atoms with van der Waals surface area (Å²) in [5, 5.41) is 0. The SMILES string of the molecule is C[C@H](C(=O)N1CCC[C@H](C(N)=O)C1)N1CCCCCC1. The second-order valence-corrected chi connectivity index (χ2v) is 6.15. The molecule has 5 nitrogen and oxygen atoms in total. The molecule has 2 rings (SSSR count). The van der Waals surface area contributed by atoms with Crippen LogP contribution in [-0.4, -0.2) is 53.8 Å². The van der Waals surface area contributed by atoms with Crippen molar-refractivity contribution in [2.45, 2.75) is 51.5 Å². The first-order valence-electron chi connectivity index (χ1n) is 7.91. The third kappa shape index (κ3) is 3.72. The Morgan fingerprint density at radius 2 is 1.70 bits per heavy atom. The average Bonchev–Trinajstić information content (AvgIpc) is 2.75. The van der Waals surface area contributed by atoms with Gasteiger partial charge < -0.3 is 10.6 Å². The minimum atomic E-state index is -0.273. The number of rotatable bonds is 3. The lowest BCUT2D eigenvalue weighted by atomic mass is 9.97. The Balaban J connectivity index is 1.93. The van der Waals surface area contributed by atoms with Crippen LogP contribution in [0.25, 0.3) is 0 Å². The zero-order chi connectivity index (χ0) is 14.5. The molecule has 0 radical (unpaired) electrons. The van der Waals surface area contributed by atoms with Gasteiger partial charge in [0.25, 0.3) is 0 Å². The van der Waals surface area contributed by atoms with Gasteiger partial charge in [0.1, 0.15) is 0 Å². The summed E-state index contributed by atoms with van der Waals surface area (Å²) >= 11 is 0. The highest BCUT2D eigenvalue weighted by Gasteiger charge is 2.31. The van der Waals surface area contributed by atoms with E-state index in [2.05, 4.69) is 4.90 Å². The lowest BCUT2D eigenvalue weighted by molar-refractivity contribution is -0.139. The molecule has 114 valence electrons. The maximum Gasteiger partial charge on any atom is 0.239 e. The fourth-order valence-corrected chi connectivity index (χ4v) is 3.31. The van der Waals surface area contributed by atoms with Crippen molar-refractivity contribution < 1.29 is 9.59 Å². The van der Waals surface area contributed by atoms with E-state index in [1.54, 1.807) is 0 Å². The number of primary amides is 1. The lowest BCUT2D eigenvalue weighted by Gasteiger charge is -2.36. The molecular weight excluding hydrogens is 254 g/mol. The first-order chi connectivity index (χ1) is 9.59. The summed E-state index contributed by atoms with van der Waals surface area (Å²) in [6, 6.07) is -0.0697. The number of hydrogen-bond acceptors (Lipinski definition) is 3. The van der Waals surface area contributed by atoms with Gasteiger partial charge in [-0.2, -0.15) is 0 Å². The van der Waals surface area contributed by atoms with E-state index in [-0.39, 0.29) is 23.8 Å². The average molecular weight is 281 g/mol. The van der Waals surface area contributed by atoms with Crippen LogP contribution in [0.3, 0.4) is 0 Å². The van der Waals surface area contributed by atoms with Gasteiger partial charge in [-0.25, -0.2) is 0 Å². The number of piperidine rings is 1. The summed E-state index contributed by atoms with van der Waals surface area (Å²) in [5.74, 6) is -0.271. The molecule has 5 heteroatoms. The molecular formula is C15H27N3O2. The molecule has 0 aromatic carbocycles. The van der Waals surface area contributed by atoms with Crippen molar-refractivity contribution in [1.29, 1.82) is 0 Å². The van der Waals surface area contributed by atoms with E-state index in [1.165, 1.54) is 25.7 Å². The lowest BCUT2D eigenvalue weighted by Crippen LogP contribution is -2.51. The highest BCUT2D eigenvalue weighted by Crippen LogP contribution is 2.19. The summed E-state index contributed by atoms with van der Waals surface area (Å²) in [4.78, 5) is 28.1. The maximum absolute atomic E-state index is 12.6. The summed E-state index contributed by atoms with van der Waals surface area (Å²) < 4.78 is 0. The maximum atomic E-state index is 12.6. The van der Waals surface area contributed by atoms with Crippen LogP contribution < -0.4 is 5.73 Å². The molecule has 0 saturated carbocycles. The van der Waals surface area contributed by atoms with Crippen molar-refractivity contribution in [1.82, 2.24) is 9.80 Å². The Hall–Kier alpha value is -1.10. The normalized spacial score (nSPS) is 26.9. The van der Waals surface area contributed by atoms with Crippen LogP contribution in [0.2, 0.25) is 0 Å². The predicted molar refractivity (Wildman–Crippen MR) is 78.0 cm³/mol. The van der Waals surface area contributed by atoms with Gasteiger partial charge in [0.05, 0.1) is 12.0 Å².